The molecule has 3 aromatic rings. The number of rotatable bonds is 5. The van der Waals surface area contributed by atoms with Crippen molar-refractivity contribution in [2.45, 2.75) is 0 Å². The number of amides is 2. The van der Waals surface area contributed by atoms with Crippen LogP contribution in [-0.2, 0) is 4.74 Å². The number of nitrogens with one attached hydrogen (secondary N) is 2. The Morgan fingerprint density at radius 2 is 1.31 bits per heavy atom. The van der Waals surface area contributed by atoms with E-state index in [-0.39, 0.29) is 16.7 Å². The minimum Gasteiger partial charge on any atom is -0.465 e. The van der Waals surface area contributed by atoms with Gasteiger partial charge >= 0.3 is 5.97 Å². The van der Waals surface area contributed by atoms with Gasteiger partial charge in [0.25, 0.3) is 11.8 Å². The second-order valence-corrected chi connectivity index (χ2v) is 6.61. The lowest BCUT2D eigenvalue weighted by molar-refractivity contribution is 0.0597. The van der Waals surface area contributed by atoms with Gasteiger partial charge in [-0.25, -0.2) is 4.79 Å². The molecule has 0 radical (unpaired) electrons. The minimum atomic E-state index is -0.753. The Kier molecular flexibility index (Phi) is 6.70. The molecule has 3 aromatic carbocycles. The molecule has 6 nitrogen and oxygen atoms in total. The van der Waals surface area contributed by atoms with Crippen molar-refractivity contribution < 1.29 is 19.1 Å². The largest absolute Gasteiger partial charge is 0.465 e. The predicted octanol–water partition coefficient (Wildman–Crippen LogP) is 3.94. The average molecular weight is 422 g/mol. The Bertz CT molecular complexity index is 1300. The Morgan fingerprint density at radius 3 is 1.84 bits per heavy atom. The predicted molar refractivity (Wildman–Crippen MR) is 122 cm³/mol. The van der Waals surface area contributed by atoms with Crippen LogP contribution in [0.5, 0.6) is 0 Å². The van der Waals surface area contributed by atoms with Crippen LogP contribution in [0.15, 0.2) is 66.7 Å². The molecule has 6 heteroatoms. The first-order valence-corrected chi connectivity index (χ1v) is 9.43. The summed E-state index contributed by atoms with van der Waals surface area (Å²) in [6.45, 7) is 0. The second kappa shape index (κ2) is 9.80. The van der Waals surface area contributed by atoms with Crippen molar-refractivity contribution in [2.75, 3.05) is 17.7 Å². The fourth-order valence-corrected chi connectivity index (χ4v) is 2.94. The van der Waals surface area contributed by atoms with Gasteiger partial charge in [-0.1, -0.05) is 24.0 Å². The van der Waals surface area contributed by atoms with Gasteiger partial charge in [-0.3, -0.25) is 9.59 Å². The highest BCUT2D eigenvalue weighted by Gasteiger charge is 2.20. The molecule has 0 bridgehead atoms. The molecule has 0 aromatic heterocycles. The summed E-state index contributed by atoms with van der Waals surface area (Å²) in [5.74, 6) is 3.20. The van der Waals surface area contributed by atoms with Crippen molar-refractivity contribution in [2.24, 2.45) is 0 Å². The minimum absolute atomic E-state index is 0.0499. The summed E-state index contributed by atoms with van der Waals surface area (Å²) >= 11 is 0. The summed E-state index contributed by atoms with van der Waals surface area (Å²) < 4.78 is 4.80. The van der Waals surface area contributed by atoms with Crippen molar-refractivity contribution in [1.82, 2.24) is 0 Å². The van der Waals surface area contributed by atoms with Crippen LogP contribution < -0.4 is 10.6 Å². The normalized spacial score (nSPS) is 9.72. The van der Waals surface area contributed by atoms with Gasteiger partial charge in [-0.2, -0.15) is 0 Å². The van der Waals surface area contributed by atoms with E-state index in [1.807, 2.05) is 0 Å². The van der Waals surface area contributed by atoms with Crippen LogP contribution in [0.4, 0.5) is 11.4 Å². The molecule has 0 spiro atoms. The number of ether oxygens (including phenoxy) is 1. The Balaban J connectivity index is 1.89. The summed E-state index contributed by atoms with van der Waals surface area (Å²) in [6.07, 6.45) is 10.8. The van der Waals surface area contributed by atoms with Crippen LogP contribution in [-0.4, -0.2) is 24.9 Å². The standard InChI is InChI=1S/C26H18N2O4/c1-4-17-8-6-10-20(14-17)27-24(29)19-12-13-22(23(16-19)26(31)32-3)25(30)28-21-11-7-9-18(5-2)15-21/h1-2,6-16H,3H3,(H,27,29)(H,28,30). The zero-order valence-electron chi connectivity index (χ0n) is 17.1. The summed E-state index contributed by atoms with van der Waals surface area (Å²) in [7, 11) is 1.19. The summed E-state index contributed by atoms with van der Waals surface area (Å²) in [5, 5.41) is 5.40. The average Bonchev–Trinajstić information content (AvgIpc) is 2.83. The molecule has 32 heavy (non-hydrogen) atoms. The van der Waals surface area contributed by atoms with Gasteiger partial charge in [0.1, 0.15) is 0 Å². The molecule has 0 saturated heterocycles. The van der Waals surface area contributed by atoms with Gasteiger partial charge in [0.05, 0.1) is 18.2 Å². The quantitative estimate of drug-likeness (QED) is 0.482. The van der Waals surface area contributed by atoms with Gasteiger partial charge in [0.15, 0.2) is 0 Å². The fraction of sp³-hybridized carbons (Fsp3) is 0.0385. The van der Waals surface area contributed by atoms with Gasteiger partial charge in [-0.15, -0.1) is 12.8 Å². The summed E-state index contributed by atoms with van der Waals surface area (Å²) in [4.78, 5) is 37.8. The van der Waals surface area contributed by atoms with Gasteiger partial charge in [0.2, 0.25) is 0 Å². The monoisotopic (exact) mass is 422 g/mol. The van der Waals surface area contributed by atoms with Crippen molar-refractivity contribution in [1.29, 1.82) is 0 Å². The lowest BCUT2D eigenvalue weighted by Gasteiger charge is -2.12. The van der Waals surface area contributed by atoms with Crippen LogP contribution in [0.1, 0.15) is 42.2 Å². The Morgan fingerprint density at radius 1 is 0.750 bits per heavy atom. The van der Waals surface area contributed by atoms with Crippen molar-refractivity contribution in [3.63, 3.8) is 0 Å². The van der Waals surface area contributed by atoms with Crippen LogP contribution in [0.25, 0.3) is 0 Å². The molecule has 0 unspecified atom stereocenters. The van der Waals surface area contributed by atoms with Crippen LogP contribution in [0.2, 0.25) is 0 Å². The van der Waals surface area contributed by atoms with E-state index < -0.39 is 17.8 Å². The maximum Gasteiger partial charge on any atom is 0.338 e. The molecule has 0 aliphatic rings. The smallest absolute Gasteiger partial charge is 0.338 e. The molecular weight excluding hydrogens is 404 g/mol. The zero-order valence-corrected chi connectivity index (χ0v) is 17.1. The van der Waals surface area contributed by atoms with Gasteiger partial charge in [-0.05, 0) is 54.6 Å². The number of methoxy groups -OCH3 is 1. The molecule has 0 saturated carbocycles. The van der Waals surface area contributed by atoms with E-state index in [4.69, 9.17) is 17.6 Å². The third kappa shape index (κ3) is 5.02. The summed E-state index contributed by atoms with van der Waals surface area (Å²) in [5.41, 5.74) is 2.34. The molecule has 0 atom stereocenters. The number of anilines is 2. The fourth-order valence-electron chi connectivity index (χ4n) is 2.94. The second-order valence-electron chi connectivity index (χ2n) is 6.61. The first kappa shape index (κ1) is 21.9. The van der Waals surface area contributed by atoms with Gasteiger partial charge in [0, 0.05) is 28.1 Å². The van der Waals surface area contributed by atoms with Crippen LogP contribution in [0.3, 0.4) is 0 Å². The molecule has 0 aliphatic carbocycles. The van der Waals surface area contributed by atoms with Crippen LogP contribution >= 0.6 is 0 Å². The van der Waals surface area contributed by atoms with E-state index in [9.17, 15) is 14.4 Å². The Hall–Kier alpha value is -4.81. The van der Waals surface area contributed by atoms with Gasteiger partial charge < -0.3 is 15.4 Å². The first-order valence-electron chi connectivity index (χ1n) is 9.43. The number of carbonyl (C=O) groups excluding carboxylic acids is 3. The third-order valence-electron chi connectivity index (χ3n) is 4.51. The molecule has 0 heterocycles. The number of hydrogen-bond acceptors (Lipinski definition) is 4. The number of carbonyl (C=O) groups is 3. The Labute approximate surface area is 185 Å². The van der Waals surface area contributed by atoms with E-state index in [0.29, 0.717) is 22.5 Å². The first-order chi connectivity index (χ1) is 15.4. The molecule has 0 fully saturated rings. The number of esters is 1. The van der Waals surface area contributed by atoms with E-state index >= 15 is 0 Å². The van der Waals surface area contributed by atoms with E-state index in [2.05, 4.69) is 22.5 Å². The van der Waals surface area contributed by atoms with Crippen molar-refractivity contribution >= 4 is 29.2 Å². The molecule has 156 valence electrons. The van der Waals surface area contributed by atoms with Crippen molar-refractivity contribution in [3.8, 4) is 24.7 Å². The zero-order chi connectivity index (χ0) is 23.1. The molecule has 0 aliphatic heterocycles. The third-order valence-corrected chi connectivity index (χ3v) is 4.51. The molecule has 2 amide bonds. The highest BCUT2D eigenvalue weighted by atomic mass is 16.5. The van der Waals surface area contributed by atoms with E-state index in [0.717, 1.165) is 0 Å². The number of hydrogen-bond donors (Lipinski definition) is 2. The summed E-state index contributed by atoms with van der Waals surface area (Å²) in [6, 6.07) is 17.6. The topological polar surface area (TPSA) is 84.5 Å². The molecule has 2 N–H and O–H groups in total. The van der Waals surface area contributed by atoms with E-state index in [1.165, 1.54) is 25.3 Å². The highest BCUT2D eigenvalue weighted by Crippen LogP contribution is 2.19. The highest BCUT2D eigenvalue weighted by molar-refractivity contribution is 6.13. The maximum atomic E-state index is 12.8. The SMILES string of the molecule is C#Cc1cccc(NC(=O)c2ccc(C(=O)Nc3cccc(C#C)c3)c(C(=O)OC)c2)c1. The number of benzene rings is 3. The molecular formula is C26H18N2O4. The number of terminal acetylenes is 2. The van der Waals surface area contributed by atoms with E-state index in [1.54, 1.807) is 48.5 Å². The van der Waals surface area contributed by atoms with Crippen molar-refractivity contribution in [3.05, 3.63) is 94.5 Å². The lowest BCUT2D eigenvalue weighted by Crippen LogP contribution is -2.19. The maximum absolute atomic E-state index is 12.8. The van der Waals surface area contributed by atoms with Crippen LogP contribution in [0, 0.1) is 24.7 Å². The lowest BCUT2D eigenvalue weighted by atomic mass is 10.0. The molecule has 3 rings (SSSR count).